The van der Waals surface area contributed by atoms with Gasteiger partial charge in [-0.05, 0) is 55.2 Å². The molecule has 1 aliphatic carbocycles. The van der Waals surface area contributed by atoms with E-state index in [4.69, 9.17) is 4.74 Å². The lowest BCUT2D eigenvalue weighted by Gasteiger charge is -2.33. The SMILES string of the molecule is CCOC(=O)c1c(NS(=O)(=O)c2ccccc2)sc2c1CC[C@@H](C(C)(C)C)C2. The van der Waals surface area contributed by atoms with Crippen LogP contribution in [0.5, 0.6) is 0 Å². The monoisotopic (exact) mass is 421 g/mol. The van der Waals surface area contributed by atoms with Gasteiger partial charge in [-0.2, -0.15) is 0 Å². The van der Waals surface area contributed by atoms with Crippen LogP contribution in [-0.2, 0) is 27.6 Å². The van der Waals surface area contributed by atoms with Gasteiger partial charge in [0.2, 0.25) is 0 Å². The van der Waals surface area contributed by atoms with Gasteiger partial charge in [-0.25, -0.2) is 13.2 Å². The number of carbonyl (C=O) groups excluding carboxylic acids is 1. The van der Waals surface area contributed by atoms with Crippen molar-refractivity contribution < 1.29 is 17.9 Å². The maximum absolute atomic E-state index is 12.8. The van der Waals surface area contributed by atoms with Gasteiger partial charge in [-0.1, -0.05) is 39.0 Å². The van der Waals surface area contributed by atoms with E-state index in [0.717, 1.165) is 29.7 Å². The van der Waals surface area contributed by atoms with E-state index >= 15 is 0 Å². The molecule has 0 saturated carbocycles. The van der Waals surface area contributed by atoms with Gasteiger partial charge in [0.05, 0.1) is 17.1 Å². The molecule has 0 amide bonds. The first-order valence-corrected chi connectivity index (χ1v) is 11.8. The average Bonchev–Trinajstić information content (AvgIpc) is 2.98. The largest absolute Gasteiger partial charge is 0.462 e. The van der Waals surface area contributed by atoms with Crippen LogP contribution in [-0.4, -0.2) is 21.0 Å². The van der Waals surface area contributed by atoms with Crippen molar-refractivity contribution in [3.8, 4) is 0 Å². The van der Waals surface area contributed by atoms with Crippen molar-refractivity contribution >= 4 is 32.3 Å². The Bertz CT molecular complexity index is 956. The van der Waals surface area contributed by atoms with Crippen molar-refractivity contribution in [3.05, 3.63) is 46.3 Å². The van der Waals surface area contributed by atoms with Crippen LogP contribution in [0.3, 0.4) is 0 Å². The fourth-order valence-electron chi connectivity index (χ4n) is 3.60. The van der Waals surface area contributed by atoms with Gasteiger partial charge in [0.15, 0.2) is 0 Å². The summed E-state index contributed by atoms with van der Waals surface area (Å²) in [6, 6.07) is 8.19. The Labute approximate surface area is 171 Å². The van der Waals surface area contributed by atoms with E-state index in [2.05, 4.69) is 25.5 Å². The molecule has 7 heteroatoms. The summed E-state index contributed by atoms with van der Waals surface area (Å²) in [6.07, 6.45) is 2.59. The summed E-state index contributed by atoms with van der Waals surface area (Å²) >= 11 is 1.37. The van der Waals surface area contributed by atoms with Crippen molar-refractivity contribution in [1.82, 2.24) is 0 Å². The number of hydrogen-bond acceptors (Lipinski definition) is 5. The minimum atomic E-state index is -3.77. The van der Waals surface area contributed by atoms with Crippen molar-refractivity contribution in [1.29, 1.82) is 0 Å². The Balaban J connectivity index is 2.01. The number of carbonyl (C=O) groups is 1. The van der Waals surface area contributed by atoms with E-state index < -0.39 is 16.0 Å². The van der Waals surface area contributed by atoms with Crippen LogP contribution in [0.2, 0.25) is 0 Å². The summed E-state index contributed by atoms with van der Waals surface area (Å²) in [5.41, 5.74) is 1.48. The molecule has 5 nitrogen and oxygen atoms in total. The lowest BCUT2D eigenvalue weighted by atomic mass is 9.72. The van der Waals surface area contributed by atoms with Gasteiger partial charge < -0.3 is 4.74 Å². The molecule has 0 radical (unpaired) electrons. The van der Waals surface area contributed by atoms with Crippen LogP contribution >= 0.6 is 11.3 Å². The highest BCUT2D eigenvalue weighted by Gasteiger charge is 2.35. The topological polar surface area (TPSA) is 72.5 Å². The summed E-state index contributed by atoms with van der Waals surface area (Å²) in [5, 5.41) is 0.363. The third-order valence-electron chi connectivity index (χ3n) is 5.25. The molecular formula is C21H27NO4S2. The van der Waals surface area contributed by atoms with E-state index in [-0.39, 0.29) is 16.9 Å². The Morgan fingerprint density at radius 2 is 1.93 bits per heavy atom. The number of ether oxygens (including phenoxy) is 1. The van der Waals surface area contributed by atoms with Crippen LogP contribution in [0, 0.1) is 11.3 Å². The third-order valence-corrected chi connectivity index (χ3v) is 7.91. The van der Waals surface area contributed by atoms with Crippen LogP contribution < -0.4 is 4.72 Å². The average molecular weight is 422 g/mol. The first-order valence-electron chi connectivity index (χ1n) is 9.53. The molecule has 0 bridgehead atoms. The van der Waals surface area contributed by atoms with Gasteiger partial charge in [0.1, 0.15) is 5.00 Å². The molecule has 0 spiro atoms. The minimum absolute atomic E-state index is 0.162. The Hall–Kier alpha value is -1.86. The molecule has 0 fully saturated rings. The van der Waals surface area contributed by atoms with Crippen LogP contribution in [0.15, 0.2) is 35.2 Å². The predicted octanol–water partition coefficient (Wildman–Crippen LogP) is 4.88. The van der Waals surface area contributed by atoms with Crippen LogP contribution in [0.25, 0.3) is 0 Å². The Morgan fingerprint density at radius 3 is 2.54 bits per heavy atom. The van der Waals surface area contributed by atoms with Gasteiger partial charge in [-0.3, -0.25) is 4.72 Å². The van der Waals surface area contributed by atoms with Gasteiger partial charge in [0.25, 0.3) is 10.0 Å². The summed E-state index contributed by atoms with van der Waals surface area (Å²) in [6.45, 7) is 8.67. The molecule has 1 heterocycles. The maximum Gasteiger partial charge on any atom is 0.341 e. The maximum atomic E-state index is 12.8. The molecule has 1 atom stereocenters. The number of rotatable bonds is 5. The number of anilines is 1. The molecule has 1 aromatic carbocycles. The number of fused-ring (bicyclic) bond motifs is 1. The summed E-state index contributed by atoms with van der Waals surface area (Å²) in [4.78, 5) is 13.9. The molecular weight excluding hydrogens is 394 g/mol. The predicted molar refractivity (Wildman–Crippen MR) is 112 cm³/mol. The summed E-state index contributed by atoms with van der Waals surface area (Å²) < 4.78 is 33.5. The molecule has 1 N–H and O–H groups in total. The normalized spacial score (nSPS) is 17.1. The lowest BCUT2D eigenvalue weighted by Crippen LogP contribution is -2.26. The van der Waals surface area contributed by atoms with E-state index in [0.29, 0.717) is 16.5 Å². The number of nitrogens with one attached hydrogen (secondary N) is 1. The van der Waals surface area contributed by atoms with E-state index in [9.17, 15) is 13.2 Å². The zero-order valence-electron chi connectivity index (χ0n) is 16.7. The quantitative estimate of drug-likeness (QED) is 0.699. The molecule has 1 aliphatic rings. The number of benzene rings is 1. The second kappa shape index (κ2) is 7.87. The van der Waals surface area contributed by atoms with Crippen LogP contribution in [0.4, 0.5) is 5.00 Å². The van der Waals surface area contributed by atoms with Crippen molar-refractivity contribution in [2.45, 2.75) is 51.9 Å². The standard InChI is InChI=1S/C21H27NO4S2/c1-5-26-20(23)18-16-12-11-14(21(2,3)4)13-17(16)27-19(18)22-28(24,25)15-9-7-6-8-10-15/h6-10,14,22H,5,11-13H2,1-4H3/t14-/m1/s1. The van der Waals surface area contributed by atoms with Gasteiger partial charge >= 0.3 is 5.97 Å². The fraction of sp³-hybridized carbons (Fsp3) is 0.476. The fourth-order valence-corrected chi connectivity index (χ4v) is 6.24. The van der Waals surface area contributed by atoms with E-state index in [1.54, 1.807) is 25.1 Å². The Morgan fingerprint density at radius 1 is 1.25 bits per heavy atom. The van der Waals surface area contributed by atoms with Crippen molar-refractivity contribution in [2.24, 2.45) is 11.3 Å². The molecule has 0 saturated heterocycles. The first kappa shape index (κ1) is 20.9. The van der Waals surface area contributed by atoms with Crippen molar-refractivity contribution in [3.63, 3.8) is 0 Å². The number of thiophene rings is 1. The second-order valence-electron chi connectivity index (χ2n) is 8.15. The van der Waals surface area contributed by atoms with Gasteiger partial charge in [-0.15, -0.1) is 11.3 Å². The molecule has 152 valence electrons. The third kappa shape index (κ3) is 4.25. The molecule has 28 heavy (non-hydrogen) atoms. The highest BCUT2D eigenvalue weighted by Crippen LogP contribution is 2.45. The lowest BCUT2D eigenvalue weighted by molar-refractivity contribution is 0.0526. The number of hydrogen-bond donors (Lipinski definition) is 1. The zero-order chi connectivity index (χ0) is 20.5. The van der Waals surface area contributed by atoms with E-state index in [1.165, 1.54) is 23.5 Å². The smallest absolute Gasteiger partial charge is 0.341 e. The molecule has 0 aliphatic heterocycles. The van der Waals surface area contributed by atoms with Crippen molar-refractivity contribution in [2.75, 3.05) is 11.3 Å². The zero-order valence-corrected chi connectivity index (χ0v) is 18.4. The van der Waals surface area contributed by atoms with Crippen LogP contribution in [0.1, 0.15) is 54.9 Å². The highest BCUT2D eigenvalue weighted by molar-refractivity contribution is 7.93. The molecule has 1 aromatic heterocycles. The number of sulfonamides is 1. The van der Waals surface area contributed by atoms with Gasteiger partial charge in [0, 0.05) is 4.88 Å². The number of esters is 1. The second-order valence-corrected chi connectivity index (χ2v) is 10.9. The molecule has 0 unspecified atom stereocenters. The Kier molecular flexibility index (Phi) is 5.87. The summed E-state index contributed by atoms with van der Waals surface area (Å²) in [7, 11) is -3.77. The first-order chi connectivity index (χ1) is 13.1. The van der Waals surface area contributed by atoms with E-state index in [1.807, 2.05) is 0 Å². The summed E-state index contributed by atoms with van der Waals surface area (Å²) in [5.74, 6) is 0.0345. The molecule has 2 aromatic rings. The minimum Gasteiger partial charge on any atom is -0.462 e. The highest BCUT2D eigenvalue weighted by atomic mass is 32.2. The molecule has 3 rings (SSSR count).